The minimum Gasteiger partial charge on any atom is -0.358 e. The third-order valence-corrected chi connectivity index (χ3v) is 3.42. The van der Waals surface area contributed by atoms with E-state index in [1.165, 1.54) is 6.07 Å². The Hall–Kier alpha value is -1.98. The fourth-order valence-corrected chi connectivity index (χ4v) is 2.14. The summed E-state index contributed by atoms with van der Waals surface area (Å²) >= 11 is 0. The van der Waals surface area contributed by atoms with Gasteiger partial charge in [0.2, 0.25) is 0 Å². The third-order valence-electron chi connectivity index (χ3n) is 3.42. The molecular weight excluding hydrogens is 257 g/mol. The van der Waals surface area contributed by atoms with E-state index >= 15 is 0 Å². The van der Waals surface area contributed by atoms with E-state index in [4.69, 9.17) is 0 Å². The smallest absolute Gasteiger partial charge is 0.358 e. The van der Waals surface area contributed by atoms with Gasteiger partial charge in [-0.1, -0.05) is 18.2 Å². The molecule has 1 saturated carbocycles. The molecule has 0 spiro atoms. The first-order valence-electron chi connectivity index (χ1n) is 5.88. The Kier molecular flexibility index (Phi) is 2.39. The van der Waals surface area contributed by atoms with Crippen molar-refractivity contribution in [2.45, 2.75) is 24.6 Å². The largest absolute Gasteiger partial charge is 0.411 e. The number of hydrogen-bond donors (Lipinski definition) is 2. The van der Waals surface area contributed by atoms with E-state index in [0.29, 0.717) is 10.8 Å². The number of halogens is 3. The highest BCUT2D eigenvalue weighted by molar-refractivity contribution is 5.83. The minimum atomic E-state index is -4.31. The second-order valence-electron chi connectivity index (χ2n) is 4.80. The molecule has 1 aromatic heterocycles. The number of fused-ring (bicyclic) bond motifs is 1. The second-order valence-corrected chi connectivity index (χ2v) is 4.80. The maximum absolute atomic E-state index is 12.8. The normalized spacial score (nSPS) is 17.4. The number of alkyl halides is 3. The molecule has 1 aromatic carbocycles. The zero-order chi connectivity index (χ0) is 13.7. The van der Waals surface area contributed by atoms with Crippen LogP contribution < -0.4 is 10.9 Å². The summed E-state index contributed by atoms with van der Waals surface area (Å²) in [6, 6.07) is 8.31. The molecule has 0 unspecified atom stereocenters. The first kappa shape index (κ1) is 12.1. The SMILES string of the molecule is O=c1[nH]c(NC2(C(F)(F)F)CC2)cc2ccccc12. The van der Waals surface area contributed by atoms with Crippen LogP contribution in [0.5, 0.6) is 0 Å². The van der Waals surface area contributed by atoms with Crippen LogP contribution in [0.1, 0.15) is 12.8 Å². The molecule has 0 aliphatic heterocycles. The molecule has 0 saturated heterocycles. The van der Waals surface area contributed by atoms with Crippen LogP contribution in [0.25, 0.3) is 10.8 Å². The van der Waals surface area contributed by atoms with Crippen LogP contribution in [0, 0.1) is 0 Å². The zero-order valence-electron chi connectivity index (χ0n) is 9.84. The van der Waals surface area contributed by atoms with Gasteiger partial charge in [0.15, 0.2) is 0 Å². The molecule has 0 radical (unpaired) electrons. The highest BCUT2D eigenvalue weighted by atomic mass is 19.4. The Labute approximate surface area is 106 Å². The molecule has 1 heterocycles. The number of rotatable bonds is 2. The van der Waals surface area contributed by atoms with Crippen molar-refractivity contribution < 1.29 is 13.2 Å². The summed E-state index contributed by atoms with van der Waals surface area (Å²) in [5.41, 5.74) is -2.27. The van der Waals surface area contributed by atoms with Crippen LogP contribution in [0.15, 0.2) is 35.1 Å². The van der Waals surface area contributed by atoms with Crippen molar-refractivity contribution >= 4 is 16.6 Å². The van der Waals surface area contributed by atoms with Crippen LogP contribution in [0.3, 0.4) is 0 Å². The third kappa shape index (κ3) is 1.97. The predicted octanol–water partition coefficient (Wildman–Crippen LogP) is 3.03. The topological polar surface area (TPSA) is 44.9 Å². The number of hydrogen-bond acceptors (Lipinski definition) is 2. The molecule has 2 aromatic rings. The van der Waals surface area contributed by atoms with Gasteiger partial charge in [0.05, 0.1) is 0 Å². The van der Waals surface area contributed by atoms with Crippen molar-refractivity contribution in [2.75, 3.05) is 5.32 Å². The monoisotopic (exact) mass is 268 g/mol. The fourth-order valence-electron chi connectivity index (χ4n) is 2.14. The lowest BCUT2D eigenvalue weighted by Crippen LogP contribution is -2.39. The van der Waals surface area contributed by atoms with Gasteiger partial charge < -0.3 is 10.3 Å². The summed E-state index contributed by atoms with van der Waals surface area (Å²) in [5.74, 6) is 0.110. The van der Waals surface area contributed by atoms with Crippen molar-refractivity contribution in [2.24, 2.45) is 0 Å². The summed E-state index contributed by atoms with van der Waals surface area (Å²) < 4.78 is 38.5. The number of nitrogens with one attached hydrogen (secondary N) is 2. The van der Waals surface area contributed by atoms with Gasteiger partial charge in [0, 0.05) is 5.39 Å². The number of pyridine rings is 1. The van der Waals surface area contributed by atoms with Crippen molar-refractivity contribution in [3.05, 3.63) is 40.7 Å². The van der Waals surface area contributed by atoms with Gasteiger partial charge >= 0.3 is 6.18 Å². The second kappa shape index (κ2) is 3.76. The van der Waals surface area contributed by atoms with Crippen LogP contribution in [-0.4, -0.2) is 16.7 Å². The van der Waals surface area contributed by atoms with Crippen LogP contribution in [-0.2, 0) is 0 Å². The maximum Gasteiger partial charge on any atom is 0.411 e. The zero-order valence-corrected chi connectivity index (χ0v) is 9.84. The van der Waals surface area contributed by atoms with Gasteiger partial charge in [0.25, 0.3) is 5.56 Å². The fraction of sp³-hybridized carbons (Fsp3) is 0.308. The summed E-state index contributed by atoms with van der Waals surface area (Å²) in [4.78, 5) is 14.2. The molecule has 0 atom stereocenters. The van der Waals surface area contributed by atoms with E-state index in [9.17, 15) is 18.0 Å². The molecule has 19 heavy (non-hydrogen) atoms. The number of anilines is 1. The number of aromatic amines is 1. The Balaban J connectivity index is 2.01. The van der Waals surface area contributed by atoms with Gasteiger partial charge in [-0.25, -0.2) is 0 Å². The number of aromatic nitrogens is 1. The quantitative estimate of drug-likeness (QED) is 0.879. The molecule has 1 fully saturated rings. The van der Waals surface area contributed by atoms with E-state index in [1.807, 2.05) is 0 Å². The van der Waals surface area contributed by atoms with Crippen LogP contribution in [0.4, 0.5) is 19.0 Å². The predicted molar refractivity (Wildman–Crippen MR) is 66.2 cm³/mol. The summed E-state index contributed by atoms with van der Waals surface area (Å²) in [6.07, 6.45) is -4.24. The lowest BCUT2D eigenvalue weighted by atomic mass is 10.1. The lowest BCUT2D eigenvalue weighted by Gasteiger charge is -2.21. The highest BCUT2D eigenvalue weighted by Gasteiger charge is 2.63. The van der Waals surface area contributed by atoms with Crippen molar-refractivity contribution in [3.63, 3.8) is 0 Å². The van der Waals surface area contributed by atoms with Gasteiger partial charge in [-0.05, 0) is 30.4 Å². The Bertz CT molecular complexity index is 686. The lowest BCUT2D eigenvalue weighted by molar-refractivity contribution is -0.151. The van der Waals surface area contributed by atoms with E-state index in [0.717, 1.165) is 0 Å². The first-order chi connectivity index (χ1) is 8.91. The Morgan fingerprint density at radius 3 is 2.53 bits per heavy atom. The van der Waals surface area contributed by atoms with Crippen LogP contribution in [0.2, 0.25) is 0 Å². The average Bonchev–Trinajstić information content (AvgIpc) is 3.09. The average molecular weight is 268 g/mol. The molecule has 3 nitrogen and oxygen atoms in total. The van der Waals surface area contributed by atoms with Crippen LogP contribution >= 0.6 is 0 Å². The Morgan fingerprint density at radius 2 is 1.89 bits per heavy atom. The van der Waals surface area contributed by atoms with E-state index < -0.39 is 17.3 Å². The molecule has 0 amide bonds. The number of benzene rings is 1. The van der Waals surface area contributed by atoms with Gasteiger partial charge in [-0.3, -0.25) is 4.79 Å². The molecule has 1 aliphatic carbocycles. The van der Waals surface area contributed by atoms with E-state index in [1.54, 1.807) is 24.3 Å². The van der Waals surface area contributed by atoms with Gasteiger partial charge in [-0.2, -0.15) is 13.2 Å². The van der Waals surface area contributed by atoms with Crippen molar-refractivity contribution in [1.82, 2.24) is 4.98 Å². The minimum absolute atomic E-state index is 0.0331. The molecule has 6 heteroatoms. The molecule has 100 valence electrons. The Morgan fingerprint density at radius 1 is 1.21 bits per heavy atom. The van der Waals surface area contributed by atoms with Crippen molar-refractivity contribution in [3.8, 4) is 0 Å². The van der Waals surface area contributed by atoms with Gasteiger partial charge in [-0.15, -0.1) is 0 Å². The standard InChI is InChI=1S/C13H11F3N2O/c14-13(15,16)12(5-6-12)18-10-7-8-3-1-2-4-9(8)11(19)17-10/h1-4,7H,5-6H2,(H2,17,18,19). The van der Waals surface area contributed by atoms with Crippen molar-refractivity contribution in [1.29, 1.82) is 0 Å². The molecular formula is C13H11F3N2O. The summed E-state index contributed by atoms with van der Waals surface area (Å²) in [5, 5.41) is 3.50. The summed E-state index contributed by atoms with van der Waals surface area (Å²) in [7, 11) is 0. The molecule has 0 bridgehead atoms. The first-order valence-corrected chi connectivity index (χ1v) is 5.88. The molecule has 3 rings (SSSR count). The van der Waals surface area contributed by atoms with Gasteiger partial charge in [0.1, 0.15) is 11.4 Å². The van der Waals surface area contributed by atoms with E-state index in [2.05, 4.69) is 10.3 Å². The highest BCUT2D eigenvalue weighted by Crippen LogP contribution is 2.50. The van der Waals surface area contributed by atoms with E-state index in [-0.39, 0.29) is 18.7 Å². The molecule has 1 aliphatic rings. The maximum atomic E-state index is 12.8. The molecule has 2 N–H and O–H groups in total. The summed E-state index contributed by atoms with van der Waals surface area (Å²) in [6.45, 7) is 0. The number of H-pyrrole nitrogens is 1.